The first-order valence-electron chi connectivity index (χ1n) is 10.9. The Morgan fingerprint density at radius 3 is 2.56 bits per heavy atom. The topological polar surface area (TPSA) is 125 Å². The first-order valence-corrected chi connectivity index (χ1v) is 10.9. The van der Waals surface area contributed by atoms with E-state index in [-0.39, 0.29) is 18.2 Å². The van der Waals surface area contributed by atoms with Crippen LogP contribution >= 0.6 is 0 Å². The number of rotatable bonds is 6. The third kappa shape index (κ3) is 3.94. The Kier molecular flexibility index (Phi) is 5.20. The fourth-order valence-corrected chi connectivity index (χ4v) is 4.09. The molecule has 0 spiro atoms. The SMILES string of the molecule is Cc1ccc(-n2ncc3c(C4CC4)nn(CC(=O)Nc4ccc([N+](=O)[O-])cc4)c(=O)c32)c(C)c1. The Bertz CT molecular complexity index is 1500. The molecule has 0 unspecified atom stereocenters. The lowest BCUT2D eigenvalue weighted by Gasteiger charge is -2.12. The van der Waals surface area contributed by atoms with E-state index in [1.807, 2.05) is 32.0 Å². The minimum Gasteiger partial charge on any atom is -0.324 e. The molecule has 2 aromatic heterocycles. The monoisotopic (exact) mass is 458 g/mol. The number of nitrogens with one attached hydrogen (secondary N) is 1. The Morgan fingerprint density at radius 1 is 1.18 bits per heavy atom. The number of non-ortho nitro benzene ring substituents is 1. The zero-order chi connectivity index (χ0) is 24.0. The zero-order valence-electron chi connectivity index (χ0n) is 18.7. The largest absolute Gasteiger partial charge is 0.324 e. The molecule has 2 aromatic carbocycles. The van der Waals surface area contributed by atoms with Crippen molar-refractivity contribution < 1.29 is 9.72 Å². The molecule has 4 aromatic rings. The van der Waals surface area contributed by atoms with Crippen LogP contribution in [-0.4, -0.2) is 30.4 Å². The number of aromatic nitrogens is 4. The van der Waals surface area contributed by atoms with Gasteiger partial charge >= 0.3 is 0 Å². The fourth-order valence-electron chi connectivity index (χ4n) is 4.09. The van der Waals surface area contributed by atoms with Gasteiger partial charge in [0.15, 0.2) is 0 Å². The third-order valence-electron chi connectivity index (χ3n) is 5.91. The van der Waals surface area contributed by atoms with Crippen LogP contribution in [0.3, 0.4) is 0 Å². The van der Waals surface area contributed by atoms with Crippen molar-refractivity contribution >= 4 is 28.2 Å². The molecule has 1 aliphatic rings. The molecule has 2 heterocycles. The summed E-state index contributed by atoms with van der Waals surface area (Å²) in [5, 5.41) is 23.2. The number of nitro groups is 1. The standard InChI is InChI=1S/C24H22N6O4/c1-14-3-10-20(15(2)11-14)29-23-19(12-25-29)22(16-4-5-16)27-28(24(23)32)13-21(31)26-17-6-8-18(9-7-17)30(33)34/h3,6-12,16H,4-5,13H2,1-2H3,(H,26,31). The molecule has 10 heteroatoms. The lowest BCUT2D eigenvalue weighted by molar-refractivity contribution is -0.384. The van der Waals surface area contributed by atoms with Gasteiger partial charge in [-0.25, -0.2) is 9.36 Å². The number of nitrogens with zero attached hydrogens (tertiary/aromatic N) is 5. The van der Waals surface area contributed by atoms with Crippen LogP contribution < -0.4 is 10.9 Å². The van der Waals surface area contributed by atoms with Gasteiger partial charge in [-0.2, -0.15) is 10.2 Å². The summed E-state index contributed by atoms with van der Waals surface area (Å²) in [7, 11) is 0. The zero-order valence-corrected chi connectivity index (χ0v) is 18.7. The van der Waals surface area contributed by atoms with E-state index < -0.39 is 16.4 Å². The van der Waals surface area contributed by atoms with E-state index in [9.17, 15) is 19.7 Å². The molecule has 10 nitrogen and oxygen atoms in total. The van der Waals surface area contributed by atoms with Gasteiger partial charge in [-0.3, -0.25) is 19.7 Å². The first kappa shape index (κ1) is 21.5. The smallest absolute Gasteiger partial charge is 0.293 e. The maximum absolute atomic E-state index is 13.4. The quantitative estimate of drug-likeness (QED) is 0.347. The Labute approximate surface area is 194 Å². The number of hydrogen-bond acceptors (Lipinski definition) is 6. The van der Waals surface area contributed by atoms with Crippen LogP contribution in [-0.2, 0) is 11.3 Å². The first-order chi connectivity index (χ1) is 16.3. The van der Waals surface area contributed by atoms with Crippen molar-refractivity contribution in [2.24, 2.45) is 0 Å². The average molecular weight is 458 g/mol. The van der Waals surface area contributed by atoms with Gasteiger partial charge in [0.25, 0.3) is 11.2 Å². The van der Waals surface area contributed by atoms with Crippen LogP contribution in [0.1, 0.15) is 35.6 Å². The van der Waals surface area contributed by atoms with Gasteiger partial charge in [0.2, 0.25) is 5.91 Å². The Balaban J connectivity index is 1.52. The molecule has 0 atom stereocenters. The Morgan fingerprint density at radius 2 is 1.91 bits per heavy atom. The van der Waals surface area contributed by atoms with Gasteiger partial charge in [-0.1, -0.05) is 17.7 Å². The summed E-state index contributed by atoms with van der Waals surface area (Å²) in [5.41, 5.74) is 3.97. The minimum absolute atomic E-state index is 0.0740. The van der Waals surface area contributed by atoms with Gasteiger partial charge in [0.1, 0.15) is 12.1 Å². The fraction of sp³-hybridized carbons (Fsp3) is 0.250. The molecule has 34 heavy (non-hydrogen) atoms. The van der Waals surface area contributed by atoms with E-state index >= 15 is 0 Å². The van der Waals surface area contributed by atoms with Crippen LogP contribution in [0.15, 0.2) is 53.5 Å². The van der Waals surface area contributed by atoms with Crippen LogP contribution in [0, 0.1) is 24.0 Å². The van der Waals surface area contributed by atoms with Gasteiger partial charge < -0.3 is 5.32 Å². The number of carbonyl (C=O) groups is 1. The summed E-state index contributed by atoms with van der Waals surface area (Å²) >= 11 is 0. The molecule has 0 saturated heterocycles. The van der Waals surface area contributed by atoms with Crippen LogP contribution in [0.5, 0.6) is 0 Å². The molecule has 1 aliphatic carbocycles. The van der Waals surface area contributed by atoms with Gasteiger partial charge in [-0.15, -0.1) is 0 Å². The second kappa shape index (κ2) is 8.22. The molecular formula is C24H22N6O4. The van der Waals surface area contributed by atoms with Crippen molar-refractivity contribution in [1.29, 1.82) is 0 Å². The summed E-state index contributed by atoms with van der Waals surface area (Å²) in [6.45, 7) is 3.68. The second-order valence-corrected chi connectivity index (χ2v) is 8.58. The van der Waals surface area contributed by atoms with Gasteiger partial charge in [0.05, 0.1) is 22.5 Å². The number of hydrogen-bond donors (Lipinski definition) is 1. The van der Waals surface area contributed by atoms with Gasteiger partial charge in [0, 0.05) is 29.1 Å². The molecule has 1 amide bonds. The van der Waals surface area contributed by atoms with Crippen molar-refractivity contribution in [3.8, 4) is 5.69 Å². The van der Waals surface area contributed by atoms with Crippen LogP contribution in [0.25, 0.3) is 16.6 Å². The maximum Gasteiger partial charge on any atom is 0.293 e. The number of anilines is 1. The molecule has 0 aliphatic heterocycles. The highest BCUT2D eigenvalue weighted by atomic mass is 16.6. The lowest BCUT2D eigenvalue weighted by Crippen LogP contribution is -2.31. The van der Waals surface area contributed by atoms with E-state index in [4.69, 9.17) is 0 Å². The Hall–Kier alpha value is -4.34. The van der Waals surface area contributed by atoms with Crippen molar-refractivity contribution in [2.45, 2.75) is 39.2 Å². The molecule has 1 saturated carbocycles. The molecule has 0 bridgehead atoms. The lowest BCUT2D eigenvalue weighted by atomic mass is 10.1. The highest BCUT2D eigenvalue weighted by molar-refractivity contribution is 5.91. The number of nitro benzene ring substituents is 1. The van der Waals surface area contributed by atoms with E-state index in [1.165, 1.54) is 28.9 Å². The van der Waals surface area contributed by atoms with Crippen molar-refractivity contribution in [3.63, 3.8) is 0 Å². The molecule has 1 fully saturated rings. The number of benzene rings is 2. The summed E-state index contributed by atoms with van der Waals surface area (Å²) in [5.74, 6) is -0.217. The normalized spacial score (nSPS) is 13.2. The number of aryl methyl sites for hydroxylation is 2. The average Bonchev–Trinajstić information content (AvgIpc) is 3.54. The van der Waals surface area contributed by atoms with Gasteiger partial charge in [-0.05, 0) is 50.5 Å². The number of amides is 1. The highest BCUT2D eigenvalue weighted by Crippen LogP contribution is 2.41. The predicted octanol–water partition coefficient (Wildman–Crippen LogP) is 3.62. The van der Waals surface area contributed by atoms with E-state index in [0.717, 1.165) is 35.3 Å². The molecular weight excluding hydrogens is 436 g/mol. The molecule has 0 radical (unpaired) electrons. The second-order valence-electron chi connectivity index (χ2n) is 8.58. The summed E-state index contributed by atoms with van der Waals surface area (Å²) in [6.07, 6.45) is 3.63. The molecule has 172 valence electrons. The minimum atomic E-state index is -0.511. The predicted molar refractivity (Wildman–Crippen MR) is 126 cm³/mol. The van der Waals surface area contributed by atoms with Crippen LogP contribution in [0.4, 0.5) is 11.4 Å². The van der Waals surface area contributed by atoms with Crippen molar-refractivity contribution in [3.05, 3.63) is 86.0 Å². The van der Waals surface area contributed by atoms with Crippen LogP contribution in [0.2, 0.25) is 0 Å². The van der Waals surface area contributed by atoms with E-state index in [0.29, 0.717) is 16.6 Å². The molecule has 1 N–H and O–H groups in total. The highest BCUT2D eigenvalue weighted by Gasteiger charge is 2.30. The van der Waals surface area contributed by atoms with Crippen molar-refractivity contribution in [2.75, 3.05) is 5.32 Å². The third-order valence-corrected chi connectivity index (χ3v) is 5.91. The van der Waals surface area contributed by atoms with Crippen molar-refractivity contribution in [1.82, 2.24) is 19.6 Å². The summed E-state index contributed by atoms with van der Waals surface area (Å²) < 4.78 is 2.81. The summed E-state index contributed by atoms with van der Waals surface area (Å²) in [6, 6.07) is 11.4. The number of fused-ring (bicyclic) bond motifs is 1. The summed E-state index contributed by atoms with van der Waals surface area (Å²) in [4.78, 5) is 36.5. The maximum atomic E-state index is 13.4. The van der Waals surface area contributed by atoms with E-state index in [2.05, 4.69) is 15.5 Å². The molecule has 5 rings (SSSR count). The van der Waals surface area contributed by atoms with E-state index in [1.54, 1.807) is 10.9 Å². The number of carbonyl (C=O) groups excluding carboxylic acids is 1.